The highest BCUT2D eigenvalue weighted by molar-refractivity contribution is 9.10. The van der Waals surface area contributed by atoms with Crippen molar-refractivity contribution in [3.63, 3.8) is 0 Å². The number of amides is 1. The molecule has 0 radical (unpaired) electrons. The molecule has 2 heterocycles. The van der Waals surface area contributed by atoms with Crippen LogP contribution in [0.4, 0.5) is 0 Å². The molecule has 1 saturated heterocycles. The largest absolute Gasteiger partial charge is 0.480 e. The Morgan fingerprint density at radius 3 is 2.80 bits per heavy atom. The fraction of sp³-hybridized carbons (Fsp3) is 0.500. The van der Waals surface area contributed by atoms with Gasteiger partial charge in [0.2, 0.25) is 0 Å². The van der Waals surface area contributed by atoms with Crippen LogP contribution in [0.15, 0.2) is 22.9 Å². The molecule has 0 spiro atoms. The van der Waals surface area contributed by atoms with Crippen LogP contribution in [0.25, 0.3) is 0 Å². The van der Waals surface area contributed by atoms with Crippen molar-refractivity contribution in [2.45, 2.75) is 32.2 Å². The minimum absolute atomic E-state index is 0.257. The molecule has 1 aliphatic heterocycles. The summed E-state index contributed by atoms with van der Waals surface area (Å²) in [6, 6.07) is 2.61. The molecule has 1 aromatic rings. The summed E-state index contributed by atoms with van der Waals surface area (Å²) in [6.45, 7) is 2.55. The number of aliphatic carboxylic acids is 1. The molecule has 1 amide bonds. The number of carboxylic acids is 1. The maximum Gasteiger partial charge on any atom is 0.326 e. The summed E-state index contributed by atoms with van der Waals surface area (Å²) < 4.78 is 0.647. The van der Waals surface area contributed by atoms with E-state index in [1.54, 1.807) is 12.1 Å². The Bertz CT molecular complexity index is 504. The van der Waals surface area contributed by atoms with Gasteiger partial charge in [0.05, 0.1) is 5.56 Å². The van der Waals surface area contributed by atoms with Crippen molar-refractivity contribution < 1.29 is 14.7 Å². The van der Waals surface area contributed by atoms with Crippen LogP contribution in [0, 0.1) is 5.92 Å². The number of rotatable bonds is 3. The van der Waals surface area contributed by atoms with Crippen molar-refractivity contribution in [1.29, 1.82) is 0 Å². The number of carboxylic acid groups (broad SMARTS) is 1. The Morgan fingerprint density at radius 1 is 1.50 bits per heavy atom. The topological polar surface area (TPSA) is 70.5 Å². The van der Waals surface area contributed by atoms with Gasteiger partial charge in [-0.05, 0) is 46.8 Å². The molecule has 1 aromatic heterocycles. The molecule has 1 N–H and O–H groups in total. The van der Waals surface area contributed by atoms with Crippen LogP contribution in [0.2, 0.25) is 0 Å². The van der Waals surface area contributed by atoms with E-state index in [0.29, 0.717) is 29.1 Å². The van der Waals surface area contributed by atoms with Crippen molar-refractivity contribution in [3.05, 3.63) is 28.5 Å². The van der Waals surface area contributed by atoms with Gasteiger partial charge in [-0.25, -0.2) is 9.78 Å². The van der Waals surface area contributed by atoms with Gasteiger partial charge >= 0.3 is 5.97 Å². The zero-order valence-corrected chi connectivity index (χ0v) is 12.8. The molecule has 20 heavy (non-hydrogen) atoms. The Labute approximate surface area is 126 Å². The average molecular weight is 341 g/mol. The molecular formula is C14H17BrN2O3. The molecule has 0 aromatic carbocycles. The van der Waals surface area contributed by atoms with E-state index >= 15 is 0 Å². The molecule has 2 unspecified atom stereocenters. The quantitative estimate of drug-likeness (QED) is 0.858. The summed E-state index contributed by atoms with van der Waals surface area (Å²) in [5.74, 6) is -0.809. The second-order valence-electron chi connectivity index (χ2n) is 5.02. The fourth-order valence-electron chi connectivity index (χ4n) is 2.55. The van der Waals surface area contributed by atoms with Crippen LogP contribution in [0.3, 0.4) is 0 Å². The Balaban J connectivity index is 2.19. The van der Waals surface area contributed by atoms with E-state index in [0.717, 1.165) is 12.8 Å². The van der Waals surface area contributed by atoms with Gasteiger partial charge in [0.1, 0.15) is 10.6 Å². The van der Waals surface area contributed by atoms with Crippen LogP contribution >= 0.6 is 15.9 Å². The maximum atomic E-state index is 12.4. The highest BCUT2D eigenvalue weighted by Crippen LogP contribution is 2.27. The van der Waals surface area contributed by atoms with E-state index in [4.69, 9.17) is 0 Å². The number of piperidine rings is 1. The summed E-state index contributed by atoms with van der Waals surface area (Å²) >= 11 is 3.21. The maximum absolute atomic E-state index is 12.4. The van der Waals surface area contributed by atoms with E-state index in [1.165, 1.54) is 11.1 Å². The minimum Gasteiger partial charge on any atom is -0.480 e. The average Bonchev–Trinajstić information content (AvgIpc) is 2.46. The monoisotopic (exact) mass is 340 g/mol. The SMILES string of the molecule is CCC1CCN(C(=O)c2ccc(Br)nc2)C(C(=O)O)C1. The molecule has 0 saturated carbocycles. The lowest BCUT2D eigenvalue weighted by Crippen LogP contribution is -2.50. The third kappa shape index (κ3) is 3.17. The van der Waals surface area contributed by atoms with Gasteiger partial charge in [-0.2, -0.15) is 0 Å². The van der Waals surface area contributed by atoms with Gasteiger partial charge in [0.25, 0.3) is 5.91 Å². The van der Waals surface area contributed by atoms with Gasteiger partial charge in [0.15, 0.2) is 0 Å². The number of halogens is 1. The lowest BCUT2D eigenvalue weighted by molar-refractivity contribution is -0.144. The summed E-state index contributed by atoms with van der Waals surface area (Å²) in [5.41, 5.74) is 0.425. The number of hydrogen-bond donors (Lipinski definition) is 1. The summed E-state index contributed by atoms with van der Waals surface area (Å²) in [6.07, 6.45) is 3.81. The molecule has 0 bridgehead atoms. The standard InChI is InChI=1S/C14H17BrN2O3/c1-2-9-5-6-17(11(7-9)14(19)20)13(18)10-3-4-12(15)16-8-10/h3-4,8-9,11H,2,5-7H2,1H3,(H,19,20). The molecule has 1 fully saturated rings. The first-order valence-corrected chi connectivity index (χ1v) is 7.47. The second-order valence-corrected chi connectivity index (χ2v) is 5.83. The second kappa shape index (κ2) is 6.35. The molecular weight excluding hydrogens is 324 g/mol. The number of carbonyl (C=O) groups is 2. The smallest absolute Gasteiger partial charge is 0.326 e. The molecule has 5 nitrogen and oxygen atoms in total. The number of carbonyl (C=O) groups excluding carboxylic acids is 1. The zero-order valence-electron chi connectivity index (χ0n) is 11.3. The van der Waals surface area contributed by atoms with E-state index in [-0.39, 0.29) is 5.91 Å². The lowest BCUT2D eigenvalue weighted by atomic mass is 9.88. The van der Waals surface area contributed by atoms with Crippen molar-refractivity contribution in [2.75, 3.05) is 6.54 Å². The normalized spacial score (nSPS) is 22.6. The zero-order chi connectivity index (χ0) is 14.7. The summed E-state index contributed by atoms with van der Waals surface area (Å²) in [7, 11) is 0. The predicted molar refractivity (Wildman–Crippen MR) is 77.4 cm³/mol. The number of hydrogen-bond acceptors (Lipinski definition) is 3. The van der Waals surface area contributed by atoms with Crippen LogP contribution in [-0.4, -0.2) is 39.5 Å². The van der Waals surface area contributed by atoms with Gasteiger partial charge in [-0.3, -0.25) is 4.79 Å². The minimum atomic E-state index is -0.929. The van der Waals surface area contributed by atoms with Crippen molar-refractivity contribution in [2.24, 2.45) is 5.92 Å². The lowest BCUT2D eigenvalue weighted by Gasteiger charge is -2.36. The van der Waals surface area contributed by atoms with Crippen LogP contribution in [0.1, 0.15) is 36.5 Å². The van der Waals surface area contributed by atoms with E-state index in [9.17, 15) is 14.7 Å². The van der Waals surface area contributed by atoms with Crippen LogP contribution < -0.4 is 0 Å². The first kappa shape index (κ1) is 15.0. The van der Waals surface area contributed by atoms with Crippen molar-refractivity contribution >= 4 is 27.8 Å². The molecule has 6 heteroatoms. The van der Waals surface area contributed by atoms with Gasteiger partial charge in [0, 0.05) is 12.7 Å². The molecule has 0 aliphatic carbocycles. The molecule has 1 aliphatic rings. The van der Waals surface area contributed by atoms with E-state index < -0.39 is 12.0 Å². The first-order valence-electron chi connectivity index (χ1n) is 6.68. The number of likely N-dealkylation sites (tertiary alicyclic amines) is 1. The van der Waals surface area contributed by atoms with Gasteiger partial charge in [-0.1, -0.05) is 13.3 Å². The summed E-state index contributed by atoms with van der Waals surface area (Å²) in [4.78, 5) is 29.3. The van der Waals surface area contributed by atoms with Crippen molar-refractivity contribution in [3.8, 4) is 0 Å². The van der Waals surface area contributed by atoms with E-state index in [2.05, 4.69) is 27.8 Å². The Morgan fingerprint density at radius 2 is 2.25 bits per heavy atom. The number of pyridine rings is 1. The summed E-state index contributed by atoms with van der Waals surface area (Å²) in [5, 5.41) is 9.34. The van der Waals surface area contributed by atoms with Gasteiger partial charge in [-0.15, -0.1) is 0 Å². The number of aromatic nitrogens is 1. The fourth-order valence-corrected chi connectivity index (χ4v) is 2.79. The van der Waals surface area contributed by atoms with Crippen LogP contribution in [0.5, 0.6) is 0 Å². The predicted octanol–water partition coefficient (Wildman–Crippen LogP) is 2.56. The Hall–Kier alpha value is -1.43. The van der Waals surface area contributed by atoms with Crippen LogP contribution in [-0.2, 0) is 4.79 Å². The third-order valence-electron chi connectivity index (χ3n) is 3.81. The third-order valence-corrected chi connectivity index (χ3v) is 4.28. The number of nitrogens with zero attached hydrogens (tertiary/aromatic N) is 2. The van der Waals surface area contributed by atoms with Crippen molar-refractivity contribution in [1.82, 2.24) is 9.88 Å². The highest BCUT2D eigenvalue weighted by atomic mass is 79.9. The first-order chi connectivity index (χ1) is 9.52. The molecule has 108 valence electrons. The van der Waals surface area contributed by atoms with Gasteiger partial charge < -0.3 is 10.0 Å². The highest BCUT2D eigenvalue weighted by Gasteiger charge is 2.35. The van der Waals surface area contributed by atoms with E-state index in [1.807, 2.05) is 0 Å². The Kier molecular flexibility index (Phi) is 4.75. The molecule has 2 rings (SSSR count). The molecule has 2 atom stereocenters.